The molecule has 0 aliphatic heterocycles. The van der Waals surface area contributed by atoms with E-state index in [0.717, 1.165) is 12.8 Å². The van der Waals surface area contributed by atoms with E-state index in [1.165, 1.54) is 51.4 Å². The van der Waals surface area contributed by atoms with Gasteiger partial charge in [-0.3, -0.25) is 9.59 Å². The normalized spacial score (nSPS) is 11.3. The highest BCUT2D eigenvalue weighted by molar-refractivity contribution is 5.91. The summed E-state index contributed by atoms with van der Waals surface area (Å²) in [6, 6.07) is 0. The van der Waals surface area contributed by atoms with Gasteiger partial charge in [0.2, 0.25) is 0 Å². The maximum atomic E-state index is 11.5. The van der Waals surface area contributed by atoms with Crippen molar-refractivity contribution in [1.82, 2.24) is 0 Å². The summed E-state index contributed by atoms with van der Waals surface area (Å²) in [5.74, 6) is -0.983. The van der Waals surface area contributed by atoms with Crippen LogP contribution in [0.3, 0.4) is 0 Å². The van der Waals surface area contributed by atoms with E-state index in [2.05, 4.69) is 6.92 Å². The smallest absolute Gasteiger partial charge is 0.317 e. The molecule has 0 saturated carbocycles. The zero-order valence-corrected chi connectivity index (χ0v) is 16.3. The van der Waals surface area contributed by atoms with Gasteiger partial charge in [-0.1, -0.05) is 85.5 Å². The summed E-state index contributed by atoms with van der Waals surface area (Å²) in [6.45, 7) is 8.89. The van der Waals surface area contributed by atoms with Crippen LogP contribution in [0.1, 0.15) is 98.3 Å². The van der Waals surface area contributed by atoms with Gasteiger partial charge in [-0.05, 0) is 11.8 Å². The summed E-state index contributed by atoms with van der Waals surface area (Å²) in [5.41, 5.74) is -0.0877. The van der Waals surface area contributed by atoms with Gasteiger partial charge in [-0.15, -0.1) is 0 Å². The third-order valence-electron chi connectivity index (χ3n) is 3.72. The average molecular weight is 343 g/mol. The molecular weight excluding hydrogens is 304 g/mol. The van der Waals surface area contributed by atoms with Gasteiger partial charge in [0.1, 0.15) is 6.42 Å². The second kappa shape index (κ2) is 14.3. The first kappa shape index (κ1) is 22.9. The molecule has 0 aromatic rings. The number of esters is 2. The molecule has 0 aliphatic carbocycles. The van der Waals surface area contributed by atoms with Crippen molar-refractivity contribution in [3.05, 3.63) is 0 Å². The summed E-state index contributed by atoms with van der Waals surface area (Å²) in [5, 5.41) is 0. The Morgan fingerprint density at radius 1 is 0.708 bits per heavy atom. The van der Waals surface area contributed by atoms with Gasteiger partial charge >= 0.3 is 11.9 Å². The van der Waals surface area contributed by atoms with Gasteiger partial charge in [0.25, 0.3) is 0 Å². The van der Waals surface area contributed by atoms with Crippen molar-refractivity contribution in [3.8, 4) is 0 Å². The molecular formula is C20H38O4. The van der Waals surface area contributed by atoms with Gasteiger partial charge in [0.05, 0.1) is 13.2 Å². The van der Waals surface area contributed by atoms with Crippen LogP contribution in [0.25, 0.3) is 0 Å². The molecule has 0 bridgehead atoms. The average Bonchev–Trinajstić information content (AvgIpc) is 2.50. The molecule has 0 fully saturated rings. The molecule has 0 amide bonds. The SMILES string of the molecule is CCCCCCCCCCCCOC(=O)CC(=O)OCC(C)(C)C. The predicted molar refractivity (Wildman–Crippen MR) is 97.8 cm³/mol. The summed E-state index contributed by atoms with van der Waals surface area (Å²) in [4.78, 5) is 23.0. The van der Waals surface area contributed by atoms with E-state index in [0.29, 0.717) is 13.2 Å². The Morgan fingerprint density at radius 2 is 1.17 bits per heavy atom. The van der Waals surface area contributed by atoms with E-state index < -0.39 is 11.9 Å². The lowest BCUT2D eigenvalue weighted by atomic mass is 9.99. The number of carbonyl (C=O) groups is 2. The lowest BCUT2D eigenvalue weighted by molar-refractivity contribution is -0.156. The fraction of sp³-hybridized carbons (Fsp3) is 0.900. The number of carbonyl (C=O) groups excluding carboxylic acids is 2. The standard InChI is InChI=1S/C20H38O4/c1-5-6-7-8-9-10-11-12-13-14-15-23-18(21)16-19(22)24-17-20(2,3)4/h5-17H2,1-4H3. The Kier molecular flexibility index (Phi) is 13.7. The first-order valence-electron chi connectivity index (χ1n) is 9.66. The van der Waals surface area contributed by atoms with Gasteiger partial charge in [0.15, 0.2) is 0 Å². The molecule has 0 rings (SSSR count). The number of hydrogen-bond acceptors (Lipinski definition) is 4. The van der Waals surface area contributed by atoms with Gasteiger partial charge in [-0.2, -0.15) is 0 Å². The summed E-state index contributed by atoms with van der Waals surface area (Å²) >= 11 is 0. The maximum absolute atomic E-state index is 11.5. The summed E-state index contributed by atoms with van der Waals surface area (Å²) < 4.78 is 10.1. The van der Waals surface area contributed by atoms with Crippen LogP contribution in [0, 0.1) is 5.41 Å². The largest absolute Gasteiger partial charge is 0.465 e. The minimum Gasteiger partial charge on any atom is -0.465 e. The fourth-order valence-corrected chi connectivity index (χ4v) is 2.29. The summed E-state index contributed by atoms with van der Waals surface area (Å²) in [6.07, 6.45) is 12.2. The fourth-order valence-electron chi connectivity index (χ4n) is 2.29. The molecule has 0 unspecified atom stereocenters. The molecule has 0 N–H and O–H groups in total. The molecule has 0 aliphatic rings. The lowest BCUT2D eigenvalue weighted by Gasteiger charge is -2.17. The van der Waals surface area contributed by atoms with Crippen molar-refractivity contribution in [2.24, 2.45) is 5.41 Å². The highest BCUT2D eigenvalue weighted by atomic mass is 16.6. The molecule has 0 saturated heterocycles. The Bertz CT molecular complexity index is 331. The molecule has 0 atom stereocenters. The maximum Gasteiger partial charge on any atom is 0.317 e. The van der Waals surface area contributed by atoms with E-state index in [1.54, 1.807) is 0 Å². The van der Waals surface area contributed by atoms with E-state index in [-0.39, 0.29) is 11.8 Å². The van der Waals surface area contributed by atoms with Crippen molar-refractivity contribution in [2.75, 3.05) is 13.2 Å². The number of ether oxygens (including phenoxy) is 2. The van der Waals surface area contributed by atoms with Crippen molar-refractivity contribution in [1.29, 1.82) is 0 Å². The summed E-state index contributed by atoms with van der Waals surface area (Å²) in [7, 11) is 0. The van der Waals surface area contributed by atoms with E-state index in [4.69, 9.17) is 9.47 Å². The van der Waals surface area contributed by atoms with Gasteiger partial charge in [0, 0.05) is 0 Å². The van der Waals surface area contributed by atoms with Crippen molar-refractivity contribution in [2.45, 2.75) is 98.3 Å². The van der Waals surface area contributed by atoms with Crippen molar-refractivity contribution in [3.63, 3.8) is 0 Å². The van der Waals surface area contributed by atoms with Gasteiger partial charge < -0.3 is 9.47 Å². The molecule has 4 nitrogen and oxygen atoms in total. The third-order valence-corrected chi connectivity index (χ3v) is 3.72. The van der Waals surface area contributed by atoms with Crippen LogP contribution >= 0.6 is 0 Å². The first-order valence-corrected chi connectivity index (χ1v) is 9.66. The zero-order chi connectivity index (χ0) is 18.3. The molecule has 0 aromatic carbocycles. The zero-order valence-electron chi connectivity index (χ0n) is 16.3. The molecule has 24 heavy (non-hydrogen) atoms. The predicted octanol–water partition coefficient (Wildman–Crippen LogP) is 5.43. The molecule has 0 aromatic heterocycles. The molecule has 0 heterocycles. The second-order valence-corrected chi connectivity index (χ2v) is 7.80. The number of unbranched alkanes of at least 4 members (excludes halogenated alkanes) is 9. The third kappa shape index (κ3) is 17.3. The lowest BCUT2D eigenvalue weighted by Crippen LogP contribution is -2.21. The minimum absolute atomic E-state index is 0.0877. The molecule has 0 radical (unpaired) electrons. The van der Waals surface area contributed by atoms with Crippen molar-refractivity contribution < 1.29 is 19.1 Å². The molecule has 4 heteroatoms. The quantitative estimate of drug-likeness (QED) is 0.240. The van der Waals surface area contributed by atoms with Crippen LogP contribution in [0.2, 0.25) is 0 Å². The number of rotatable bonds is 14. The van der Waals surface area contributed by atoms with Crippen LogP contribution in [-0.4, -0.2) is 25.2 Å². The Balaban J connectivity index is 3.38. The Hall–Kier alpha value is -1.06. The highest BCUT2D eigenvalue weighted by Gasteiger charge is 2.16. The van der Waals surface area contributed by atoms with Gasteiger partial charge in [-0.25, -0.2) is 0 Å². The van der Waals surface area contributed by atoms with E-state index in [9.17, 15) is 9.59 Å². The van der Waals surface area contributed by atoms with Crippen LogP contribution in [0.5, 0.6) is 0 Å². The van der Waals surface area contributed by atoms with Crippen LogP contribution in [-0.2, 0) is 19.1 Å². The first-order chi connectivity index (χ1) is 11.3. The monoisotopic (exact) mass is 342 g/mol. The molecule has 142 valence electrons. The highest BCUT2D eigenvalue weighted by Crippen LogP contribution is 2.13. The topological polar surface area (TPSA) is 52.6 Å². The number of hydrogen-bond donors (Lipinski definition) is 0. The van der Waals surface area contributed by atoms with E-state index in [1.807, 2.05) is 20.8 Å². The second-order valence-electron chi connectivity index (χ2n) is 7.80. The van der Waals surface area contributed by atoms with Crippen LogP contribution < -0.4 is 0 Å². The van der Waals surface area contributed by atoms with Crippen LogP contribution in [0.15, 0.2) is 0 Å². The minimum atomic E-state index is -0.502. The van der Waals surface area contributed by atoms with E-state index >= 15 is 0 Å². The van der Waals surface area contributed by atoms with Crippen molar-refractivity contribution >= 4 is 11.9 Å². The Morgan fingerprint density at radius 3 is 1.67 bits per heavy atom. The van der Waals surface area contributed by atoms with Crippen LogP contribution in [0.4, 0.5) is 0 Å². The molecule has 0 spiro atoms. The Labute approximate surface area is 148 Å².